The van der Waals surface area contributed by atoms with Gasteiger partial charge in [0, 0.05) is 30.7 Å². The van der Waals surface area contributed by atoms with Crippen LogP contribution in [0.2, 0.25) is 0 Å². The Bertz CT molecular complexity index is 828. The molecule has 1 amide bonds. The van der Waals surface area contributed by atoms with Crippen LogP contribution in [-0.2, 0) is 11.2 Å². The quantitative estimate of drug-likeness (QED) is 0.797. The minimum Gasteiger partial charge on any atom is -0.379 e. The summed E-state index contributed by atoms with van der Waals surface area (Å²) in [7, 11) is 0. The predicted octanol–water partition coefficient (Wildman–Crippen LogP) is 2.96. The Morgan fingerprint density at radius 1 is 1.42 bits per heavy atom. The van der Waals surface area contributed by atoms with Gasteiger partial charge in [-0.1, -0.05) is 6.07 Å². The molecule has 0 bridgehead atoms. The lowest BCUT2D eigenvalue weighted by atomic mass is 9.98. The molecule has 1 atom stereocenters. The molecule has 0 aliphatic carbocycles. The summed E-state index contributed by atoms with van der Waals surface area (Å²) in [5.74, 6) is 0.370. The number of nitrogens with zero attached hydrogens (tertiary/aromatic N) is 2. The zero-order valence-electron chi connectivity index (χ0n) is 13.3. The van der Waals surface area contributed by atoms with Crippen LogP contribution in [0.3, 0.4) is 0 Å². The molecule has 24 heavy (non-hydrogen) atoms. The van der Waals surface area contributed by atoms with Crippen LogP contribution in [0.1, 0.15) is 15.2 Å². The first-order chi connectivity index (χ1) is 11.8. The van der Waals surface area contributed by atoms with Gasteiger partial charge in [0.15, 0.2) is 0 Å². The maximum absolute atomic E-state index is 12.6. The van der Waals surface area contributed by atoms with Gasteiger partial charge < -0.3 is 14.6 Å². The van der Waals surface area contributed by atoms with E-state index in [-0.39, 0.29) is 5.91 Å². The zero-order valence-corrected chi connectivity index (χ0v) is 14.1. The molecule has 1 aliphatic heterocycles. The number of aromatic nitrogens is 2. The summed E-state index contributed by atoms with van der Waals surface area (Å²) in [4.78, 5) is 22.4. The number of hydrogen-bond donors (Lipinski definition) is 1. The fourth-order valence-electron chi connectivity index (χ4n) is 3.23. The molecule has 3 heterocycles. The van der Waals surface area contributed by atoms with Gasteiger partial charge >= 0.3 is 0 Å². The zero-order chi connectivity index (χ0) is 16.4. The third-order valence-electron chi connectivity index (χ3n) is 4.41. The molecule has 1 aliphatic rings. The summed E-state index contributed by atoms with van der Waals surface area (Å²) in [6, 6.07) is 8.57. The van der Waals surface area contributed by atoms with Crippen LogP contribution >= 0.6 is 11.3 Å². The Balaban J connectivity index is 1.48. The number of benzene rings is 1. The number of fused-ring (bicyclic) bond motifs is 1. The predicted molar refractivity (Wildman–Crippen MR) is 94.3 cm³/mol. The van der Waals surface area contributed by atoms with Crippen molar-refractivity contribution in [3.63, 3.8) is 0 Å². The Kier molecular flexibility index (Phi) is 4.32. The largest absolute Gasteiger partial charge is 0.379 e. The second kappa shape index (κ2) is 6.75. The van der Waals surface area contributed by atoms with Crippen molar-refractivity contribution in [3.05, 3.63) is 52.6 Å². The van der Waals surface area contributed by atoms with Gasteiger partial charge in [-0.2, -0.15) is 0 Å². The topological polar surface area (TPSA) is 58.2 Å². The van der Waals surface area contributed by atoms with Crippen LogP contribution < -0.4 is 0 Å². The second-order valence-corrected chi connectivity index (χ2v) is 7.05. The SMILES string of the molecule is O=C(c1cncs1)N1CCOCC(Cc2ccc3[nH]ccc3c2)C1. The van der Waals surface area contributed by atoms with E-state index in [1.165, 1.54) is 22.3 Å². The Hall–Kier alpha value is -2.18. The van der Waals surface area contributed by atoms with Crippen LogP contribution in [-0.4, -0.2) is 47.1 Å². The number of H-pyrrole nitrogens is 1. The normalized spacial score (nSPS) is 18.7. The number of aromatic amines is 1. The summed E-state index contributed by atoms with van der Waals surface area (Å²) in [6.45, 7) is 2.65. The van der Waals surface area contributed by atoms with Crippen LogP contribution in [0.4, 0.5) is 0 Å². The van der Waals surface area contributed by atoms with E-state index in [0.29, 0.717) is 30.6 Å². The molecule has 124 valence electrons. The standard InChI is InChI=1S/C18H19N3O2S/c22-18(17-9-19-12-24-17)21-5-6-23-11-14(10-21)7-13-1-2-16-15(8-13)3-4-20-16/h1-4,8-9,12,14,20H,5-7,10-11H2. The molecule has 0 saturated carbocycles. The lowest BCUT2D eigenvalue weighted by molar-refractivity contribution is 0.0742. The molecule has 4 rings (SSSR count). The van der Waals surface area contributed by atoms with E-state index < -0.39 is 0 Å². The van der Waals surface area contributed by atoms with Crippen molar-refractivity contribution in [1.82, 2.24) is 14.9 Å². The summed E-state index contributed by atoms with van der Waals surface area (Å²) < 4.78 is 5.74. The molecule has 3 aromatic rings. The minimum absolute atomic E-state index is 0.0640. The highest BCUT2D eigenvalue weighted by Gasteiger charge is 2.24. The van der Waals surface area contributed by atoms with Gasteiger partial charge in [0.25, 0.3) is 5.91 Å². The maximum Gasteiger partial charge on any atom is 0.265 e. The van der Waals surface area contributed by atoms with Crippen molar-refractivity contribution in [2.24, 2.45) is 5.92 Å². The number of nitrogens with one attached hydrogen (secondary N) is 1. The van der Waals surface area contributed by atoms with Crippen LogP contribution in [0.5, 0.6) is 0 Å². The Morgan fingerprint density at radius 2 is 2.38 bits per heavy atom. The number of rotatable bonds is 3. The van der Waals surface area contributed by atoms with E-state index in [0.717, 1.165) is 18.5 Å². The smallest absolute Gasteiger partial charge is 0.265 e. The first-order valence-corrected chi connectivity index (χ1v) is 8.99. The molecule has 0 radical (unpaired) electrons. The van der Waals surface area contributed by atoms with Gasteiger partial charge in [0.05, 0.1) is 24.9 Å². The summed E-state index contributed by atoms with van der Waals surface area (Å²) in [5.41, 5.74) is 4.13. The highest BCUT2D eigenvalue weighted by molar-refractivity contribution is 7.11. The van der Waals surface area contributed by atoms with Crippen LogP contribution in [0.15, 0.2) is 42.2 Å². The Morgan fingerprint density at radius 3 is 3.25 bits per heavy atom. The highest BCUT2D eigenvalue weighted by atomic mass is 32.1. The van der Waals surface area contributed by atoms with Gasteiger partial charge in [0.1, 0.15) is 4.88 Å². The lowest BCUT2D eigenvalue weighted by Crippen LogP contribution is -2.36. The molecule has 1 unspecified atom stereocenters. The third-order valence-corrected chi connectivity index (χ3v) is 5.17. The van der Waals surface area contributed by atoms with Crippen molar-refractivity contribution in [3.8, 4) is 0 Å². The van der Waals surface area contributed by atoms with Gasteiger partial charge in [0.2, 0.25) is 0 Å². The van der Waals surface area contributed by atoms with E-state index in [9.17, 15) is 4.79 Å². The van der Waals surface area contributed by atoms with E-state index in [1.807, 2.05) is 11.1 Å². The number of carbonyl (C=O) groups is 1. The van der Waals surface area contributed by atoms with Crippen LogP contribution in [0, 0.1) is 5.92 Å². The van der Waals surface area contributed by atoms with Gasteiger partial charge in [-0.25, -0.2) is 0 Å². The average molecular weight is 341 g/mol. The molecule has 1 saturated heterocycles. The van der Waals surface area contributed by atoms with Gasteiger partial charge in [-0.15, -0.1) is 11.3 Å². The van der Waals surface area contributed by atoms with E-state index >= 15 is 0 Å². The minimum atomic E-state index is 0.0640. The highest BCUT2D eigenvalue weighted by Crippen LogP contribution is 2.20. The molecular formula is C18H19N3O2S. The molecule has 1 aromatic carbocycles. The Labute approximate surface area is 144 Å². The molecule has 5 nitrogen and oxygen atoms in total. The third kappa shape index (κ3) is 3.20. The van der Waals surface area contributed by atoms with Crippen molar-refractivity contribution < 1.29 is 9.53 Å². The number of thiazole rings is 1. The van der Waals surface area contributed by atoms with Gasteiger partial charge in [-0.3, -0.25) is 9.78 Å². The molecular weight excluding hydrogens is 322 g/mol. The fraction of sp³-hybridized carbons (Fsp3) is 0.333. The first-order valence-electron chi connectivity index (χ1n) is 8.11. The average Bonchev–Trinajstić information content (AvgIpc) is 3.23. The van der Waals surface area contributed by atoms with Gasteiger partial charge in [-0.05, 0) is 35.6 Å². The number of amides is 1. The van der Waals surface area contributed by atoms with E-state index in [1.54, 1.807) is 11.7 Å². The monoisotopic (exact) mass is 341 g/mol. The van der Waals surface area contributed by atoms with Crippen LogP contribution in [0.25, 0.3) is 10.9 Å². The summed E-state index contributed by atoms with van der Waals surface area (Å²) in [6.07, 6.45) is 4.51. The second-order valence-electron chi connectivity index (χ2n) is 6.16. The van der Waals surface area contributed by atoms with Crippen molar-refractivity contribution in [2.45, 2.75) is 6.42 Å². The maximum atomic E-state index is 12.6. The fourth-order valence-corrected chi connectivity index (χ4v) is 3.82. The molecule has 6 heteroatoms. The van der Waals surface area contributed by atoms with E-state index in [4.69, 9.17) is 4.74 Å². The van der Waals surface area contributed by atoms with E-state index in [2.05, 4.69) is 34.2 Å². The first kappa shape index (κ1) is 15.4. The molecule has 2 aromatic heterocycles. The van der Waals surface area contributed by atoms with Crippen molar-refractivity contribution in [2.75, 3.05) is 26.3 Å². The molecule has 0 spiro atoms. The number of ether oxygens (including phenoxy) is 1. The molecule has 1 N–H and O–H groups in total. The summed E-state index contributed by atoms with van der Waals surface area (Å²) in [5, 5.41) is 1.22. The molecule has 1 fully saturated rings. The van der Waals surface area contributed by atoms with Crippen molar-refractivity contribution in [1.29, 1.82) is 0 Å². The summed E-state index contributed by atoms with van der Waals surface area (Å²) >= 11 is 1.39. The number of hydrogen-bond acceptors (Lipinski definition) is 4. The number of carbonyl (C=O) groups excluding carboxylic acids is 1. The van der Waals surface area contributed by atoms with Crippen molar-refractivity contribution >= 4 is 28.1 Å². The lowest BCUT2D eigenvalue weighted by Gasteiger charge is -2.23.